The number of benzene rings is 2. The average molecular weight is 426 g/mol. The molecule has 31 heavy (non-hydrogen) atoms. The predicted molar refractivity (Wildman–Crippen MR) is 107 cm³/mol. The van der Waals surface area contributed by atoms with E-state index in [9.17, 15) is 13.6 Å². The smallest absolute Gasteiger partial charge is 0.276 e. The number of halogens is 2. The number of nitrogens with zero attached hydrogens (tertiary/aromatic N) is 4. The minimum atomic E-state index is -0.655. The van der Waals surface area contributed by atoms with E-state index in [0.29, 0.717) is 60.2 Å². The Morgan fingerprint density at radius 2 is 1.90 bits per heavy atom. The molecule has 0 radical (unpaired) electrons. The average Bonchev–Trinajstić information content (AvgIpc) is 3.15. The third-order valence-corrected chi connectivity index (χ3v) is 5.84. The topological polar surface area (TPSA) is 69.5 Å². The summed E-state index contributed by atoms with van der Waals surface area (Å²) in [4.78, 5) is 14.8. The molecule has 1 aromatic heterocycles. The van der Waals surface area contributed by atoms with Crippen LogP contribution in [0.3, 0.4) is 0 Å². The molecule has 2 aromatic carbocycles. The molecule has 0 spiro atoms. The summed E-state index contributed by atoms with van der Waals surface area (Å²) in [5.74, 6) is -0.293. The SMILES string of the molecule is Cc1c(C(=O)N2CCc3c(F)cc(F)cc3[C@H]2C)nnn1-c1ccc2c(c1)OCCO2. The van der Waals surface area contributed by atoms with Crippen molar-refractivity contribution in [2.24, 2.45) is 0 Å². The number of rotatable bonds is 2. The van der Waals surface area contributed by atoms with Crippen LogP contribution in [0.1, 0.15) is 40.3 Å². The summed E-state index contributed by atoms with van der Waals surface area (Å²) in [6.45, 7) is 4.79. The lowest BCUT2D eigenvalue weighted by atomic mass is 9.92. The molecule has 3 heterocycles. The van der Waals surface area contributed by atoms with Crippen LogP contribution in [0, 0.1) is 18.6 Å². The van der Waals surface area contributed by atoms with Gasteiger partial charge in [-0.2, -0.15) is 0 Å². The van der Waals surface area contributed by atoms with Gasteiger partial charge in [0.15, 0.2) is 17.2 Å². The van der Waals surface area contributed by atoms with Crippen molar-refractivity contribution in [2.45, 2.75) is 26.3 Å². The molecular weight excluding hydrogens is 406 g/mol. The number of ether oxygens (including phenoxy) is 2. The number of carbonyl (C=O) groups is 1. The molecule has 0 saturated heterocycles. The van der Waals surface area contributed by atoms with Crippen molar-refractivity contribution in [1.82, 2.24) is 19.9 Å². The molecule has 0 unspecified atom stereocenters. The Morgan fingerprint density at radius 1 is 1.13 bits per heavy atom. The zero-order valence-electron chi connectivity index (χ0n) is 17.1. The lowest BCUT2D eigenvalue weighted by molar-refractivity contribution is 0.0668. The first-order valence-electron chi connectivity index (χ1n) is 10.0. The molecule has 2 aliphatic rings. The Kier molecular flexibility index (Phi) is 4.60. The van der Waals surface area contributed by atoms with E-state index < -0.39 is 17.7 Å². The molecule has 1 amide bonds. The van der Waals surface area contributed by atoms with Crippen LogP contribution in [-0.4, -0.2) is 45.6 Å². The van der Waals surface area contributed by atoms with Gasteiger partial charge < -0.3 is 14.4 Å². The highest BCUT2D eigenvalue weighted by molar-refractivity contribution is 5.93. The Hall–Kier alpha value is -3.49. The van der Waals surface area contributed by atoms with E-state index in [4.69, 9.17) is 9.47 Å². The largest absolute Gasteiger partial charge is 0.486 e. The van der Waals surface area contributed by atoms with E-state index in [-0.39, 0.29) is 11.6 Å². The molecule has 3 aromatic rings. The van der Waals surface area contributed by atoms with Gasteiger partial charge in [0.2, 0.25) is 0 Å². The maximum Gasteiger partial charge on any atom is 0.276 e. The van der Waals surface area contributed by atoms with Crippen LogP contribution in [-0.2, 0) is 6.42 Å². The fourth-order valence-electron chi connectivity index (χ4n) is 4.20. The van der Waals surface area contributed by atoms with Crippen LogP contribution in [0.2, 0.25) is 0 Å². The van der Waals surface area contributed by atoms with Gasteiger partial charge in [-0.3, -0.25) is 4.79 Å². The molecule has 1 atom stereocenters. The Balaban J connectivity index is 1.45. The fourth-order valence-corrected chi connectivity index (χ4v) is 4.20. The third kappa shape index (κ3) is 3.20. The van der Waals surface area contributed by atoms with Crippen molar-refractivity contribution in [2.75, 3.05) is 19.8 Å². The van der Waals surface area contributed by atoms with Gasteiger partial charge in [-0.05, 0) is 49.6 Å². The zero-order valence-corrected chi connectivity index (χ0v) is 17.1. The first-order valence-corrected chi connectivity index (χ1v) is 10.0. The van der Waals surface area contributed by atoms with Crippen molar-refractivity contribution in [3.8, 4) is 17.2 Å². The van der Waals surface area contributed by atoms with Crippen LogP contribution >= 0.6 is 0 Å². The third-order valence-electron chi connectivity index (χ3n) is 5.84. The maximum absolute atomic E-state index is 14.1. The molecule has 9 heteroatoms. The van der Waals surface area contributed by atoms with Crippen molar-refractivity contribution in [3.63, 3.8) is 0 Å². The lowest BCUT2D eigenvalue weighted by Crippen LogP contribution is -2.39. The van der Waals surface area contributed by atoms with Gasteiger partial charge in [-0.25, -0.2) is 13.5 Å². The summed E-state index contributed by atoms with van der Waals surface area (Å²) < 4.78 is 40.6. The quantitative estimate of drug-likeness (QED) is 0.628. The normalized spacial score (nSPS) is 17.4. The second-order valence-corrected chi connectivity index (χ2v) is 7.64. The van der Waals surface area contributed by atoms with E-state index in [1.807, 2.05) is 6.07 Å². The summed E-state index contributed by atoms with van der Waals surface area (Å²) in [5, 5.41) is 8.26. The molecule has 0 bridgehead atoms. The van der Waals surface area contributed by atoms with E-state index in [1.54, 1.807) is 35.6 Å². The highest BCUT2D eigenvalue weighted by Gasteiger charge is 2.33. The second-order valence-electron chi connectivity index (χ2n) is 7.64. The van der Waals surface area contributed by atoms with E-state index >= 15 is 0 Å². The van der Waals surface area contributed by atoms with Crippen LogP contribution in [0.25, 0.3) is 5.69 Å². The monoisotopic (exact) mass is 426 g/mol. The van der Waals surface area contributed by atoms with Gasteiger partial charge in [-0.15, -0.1) is 5.10 Å². The number of fused-ring (bicyclic) bond motifs is 2. The molecular formula is C22H20F2N4O3. The van der Waals surface area contributed by atoms with Gasteiger partial charge in [0.1, 0.15) is 24.8 Å². The zero-order chi connectivity index (χ0) is 21.7. The summed E-state index contributed by atoms with van der Waals surface area (Å²) in [6.07, 6.45) is 0.312. The summed E-state index contributed by atoms with van der Waals surface area (Å²) >= 11 is 0. The molecule has 5 rings (SSSR count). The molecule has 0 N–H and O–H groups in total. The van der Waals surface area contributed by atoms with Gasteiger partial charge in [0.05, 0.1) is 17.4 Å². The Morgan fingerprint density at radius 3 is 2.71 bits per heavy atom. The number of amides is 1. The van der Waals surface area contributed by atoms with Crippen LogP contribution in [0.5, 0.6) is 11.5 Å². The number of aromatic nitrogens is 3. The van der Waals surface area contributed by atoms with Gasteiger partial charge >= 0.3 is 0 Å². The molecule has 0 saturated carbocycles. The lowest BCUT2D eigenvalue weighted by Gasteiger charge is -2.35. The Bertz CT molecular complexity index is 1190. The van der Waals surface area contributed by atoms with E-state index in [1.165, 1.54) is 6.07 Å². The molecule has 2 aliphatic heterocycles. The van der Waals surface area contributed by atoms with Crippen LogP contribution in [0.15, 0.2) is 30.3 Å². The van der Waals surface area contributed by atoms with Crippen LogP contribution < -0.4 is 9.47 Å². The summed E-state index contributed by atoms with van der Waals surface area (Å²) in [7, 11) is 0. The summed E-state index contributed by atoms with van der Waals surface area (Å²) in [6, 6.07) is 7.08. The van der Waals surface area contributed by atoms with Crippen molar-refractivity contribution in [1.29, 1.82) is 0 Å². The van der Waals surface area contributed by atoms with Crippen molar-refractivity contribution in [3.05, 3.63) is 64.5 Å². The van der Waals surface area contributed by atoms with E-state index in [2.05, 4.69) is 10.3 Å². The Labute approximate surface area is 177 Å². The molecule has 0 fully saturated rings. The number of hydrogen-bond acceptors (Lipinski definition) is 5. The highest BCUT2D eigenvalue weighted by Crippen LogP contribution is 2.34. The van der Waals surface area contributed by atoms with Gasteiger partial charge in [0.25, 0.3) is 5.91 Å². The minimum Gasteiger partial charge on any atom is -0.486 e. The standard InChI is InChI=1S/C22H20F2N4O3/c1-12-17-9-14(23)10-18(24)16(17)5-6-27(12)22(29)21-13(2)28(26-25-21)15-3-4-19-20(11-15)31-8-7-30-19/h3-4,9-12H,5-8H2,1-2H3/t12-/m1/s1. The second kappa shape index (κ2) is 7.33. The van der Waals surface area contributed by atoms with Crippen molar-refractivity contribution < 1.29 is 23.0 Å². The maximum atomic E-state index is 14.1. The van der Waals surface area contributed by atoms with Gasteiger partial charge in [-0.1, -0.05) is 5.21 Å². The van der Waals surface area contributed by atoms with Crippen molar-refractivity contribution >= 4 is 5.91 Å². The van der Waals surface area contributed by atoms with Gasteiger partial charge in [0, 0.05) is 18.7 Å². The molecule has 160 valence electrons. The predicted octanol–water partition coefficient (Wildman–Crippen LogP) is 3.38. The fraction of sp³-hybridized carbons (Fsp3) is 0.318. The minimum absolute atomic E-state index is 0.196. The molecule has 0 aliphatic carbocycles. The highest BCUT2D eigenvalue weighted by atomic mass is 19.1. The first kappa shape index (κ1) is 19.5. The summed E-state index contributed by atoms with van der Waals surface area (Å²) in [5.41, 5.74) is 2.38. The first-order chi connectivity index (χ1) is 14.9. The van der Waals surface area contributed by atoms with E-state index in [0.717, 1.165) is 6.07 Å². The van der Waals surface area contributed by atoms with Crippen LogP contribution in [0.4, 0.5) is 8.78 Å². The number of carbonyl (C=O) groups excluding carboxylic acids is 1. The molecule has 7 nitrogen and oxygen atoms in total. The number of hydrogen-bond donors (Lipinski definition) is 0.